The summed E-state index contributed by atoms with van der Waals surface area (Å²) in [5.74, 6) is 3.96. The van der Waals surface area contributed by atoms with Gasteiger partial charge in [0.2, 0.25) is 0 Å². The Morgan fingerprint density at radius 1 is 1.10 bits per heavy atom. The van der Waals surface area contributed by atoms with Gasteiger partial charge in [-0.1, -0.05) is 31.6 Å². The molecule has 204 valence electrons. The molecule has 13 heteroatoms. The molecule has 0 radical (unpaired) electrons. The Labute approximate surface area is 228 Å². The van der Waals surface area contributed by atoms with E-state index in [0.29, 0.717) is 17.2 Å². The van der Waals surface area contributed by atoms with Gasteiger partial charge in [0.15, 0.2) is 11.3 Å². The van der Waals surface area contributed by atoms with Crippen molar-refractivity contribution < 1.29 is 13.2 Å². The number of alkyl halides is 3. The molecule has 0 spiro atoms. The van der Waals surface area contributed by atoms with Crippen molar-refractivity contribution in [2.45, 2.75) is 63.5 Å². The molecule has 3 atom stereocenters. The lowest BCUT2D eigenvalue weighted by atomic mass is 9.72. The van der Waals surface area contributed by atoms with Crippen LogP contribution in [0.25, 0.3) is 11.0 Å². The van der Waals surface area contributed by atoms with Gasteiger partial charge in [0.05, 0.1) is 11.6 Å². The second-order valence-corrected chi connectivity index (χ2v) is 15.6. The number of nitrogens with one attached hydrogen (secondary N) is 1. The topological polar surface area (TPSA) is 126 Å². The number of fused-ring (bicyclic) bond motifs is 1. The number of hydrogen-bond acceptors (Lipinski definition) is 7. The van der Waals surface area contributed by atoms with Crippen molar-refractivity contribution in [2.24, 2.45) is 0 Å². The van der Waals surface area contributed by atoms with Gasteiger partial charge in [0, 0.05) is 30.4 Å². The molecule has 0 saturated heterocycles. The van der Waals surface area contributed by atoms with Crippen molar-refractivity contribution in [1.29, 1.82) is 5.26 Å². The van der Waals surface area contributed by atoms with E-state index < -0.39 is 31.5 Å². The Balaban J connectivity index is 1.48. The Morgan fingerprint density at radius 3 is 2.35 bits per heavy atom. The minimum absolute atomic E-state index is 0.0235. The van der Waals surface area contributed by atoms with E-state index in [0.717, 1.165) is 30.7 Å². The fourth-order valence-electron chi connectivity index (χ4n) is 4.54. The third kappa shape index (κ3) is 5.25. The summed E-state index contributed by atoms with van der Waals surface area (Å²) in [6.07, 6.45) is 1.51. The van der Waals surface area contributed by atoms with Gasteiger partial charge in [-0.15, -0.1) is 5.54 Å². The van der Waals surface area contributed by atoms with Gasteiger partial charge < -0.3 is 4.98 Å². The molecule has 4 aromatic heterocycles. The Bertz CT molecular complexity index is 1740. The molecule has 0 aliphatic heterocycles. The number of aromatic amines is 1. The number of aromatic nitrogens is 7. The molecule has 1 aliphatic carbocycles. The molecule has 5 rings (SSSR count). The van der Waals surface area contributed by atoms with E-state index >= 15 is 0 Å². The number of H-pyrrole nitrogens is 1. The second kappa shape index (κ2) is 9.99. The van der Waals surface area contributed by atoms with Gasteiger partial charge in [-0.25, -0.2) is 19.6 Å². The first-order chi connectivity index (χ1) is 18.9. The summed E-state index contributed by atoms with van der Waals surface area (Å²) < 4.78 is 40.3. The van der Waals surface area contributed by atoms with Crippen molar-refractivity contribution in [3.63, 3.8) is 0 Å². The average molecular weight is 563 g/mol. The van der Waals surface area contributed by atoms with E-state index in [4.69, 9.17) is 4.98 Å². The fourth-order valence-corrected chi connectivity index (χ4v) is 5.06. The van der Waals surface area contributed by atoms with Crippen molar-refractivity contribution in [2.75, 3.05) is 0 Å². The Morgan fingerprint density at radius 2 is 1.80 bits per heavy atom. The molecule has 1 aliphatic rings. The molecular weight excluding hydrogens is 537 g/mol. The fraction of sp³-hybridized carbons (Fsp3) is 0.370. The van der Waals surface area contributed by atoms with Gasteiger partial charge in [-0.2, -0.15) is 23.5 Å². The van der Waals surface area contributed by atoms with Crippen LogP contribution in [-0.2, 0) is 6.18 Å². The van der Waals surface area contributed by atoms with Gasteiger partial charge in [-0.05, 0) is 31.4 Å². The molecule has 3 unspecified atom stereocenters. The summed E-state index contributed by atoms with van der Waals surface area (Å²) in [6.45, 7) is 8.16. The highest BCUT2D eigenvalue weighted by molar-refractivity contribution is 6.83. The van der Waals surface area contributed by atoms with Crippen LogP contribution >= 0.6 is 0 Å². The first-order valence-corrected chi connectivity index (χ1v) is 16.2. The van der Waals surface area contributed by atoms with Crippen LogP contribution in [0.2, 0.25) is 19.6 Å². The maximum absolute atomic E-state index is 13.1. The van der Waals surface area contributed by atoms with E-state index in [1.807, 2.05) is 6.07 Å². The van der Waals surface area contributed by atoms with Gasteiger partial charge in [0.25, 0.3) is 5.56 Å². The normalized spacial score (nSPS) is 17.9. The van der Waals surface area contributed by atoms with Crippen LogP contribution in [-0.4, -0.2) is 42.8 Å². The number of rotatable bonds is 4. The summed E-state index contributed by atoms with van der Waals surface area (Å²) in [7, 11) is -1.53. The lowest BCUT2D eigenvalue weighted by Crippen LogP contribution is -2.28. The second-order valence-electron chi connectivity index (χ2n) is 10.8. The minimum Gasteiger partial charge on any atom is -0.310 e. The zero-order chi connectivity index (χ0) is 28.8. The zero-order valence-corrected chi connectivity index (χ0v) is 23.2. The lowest BCUT2D eigenvalue weighted by molar-refractivity contribution is -0.141. The maximum atomic E-state index is 13.1. The number of nitrogens with zero attached hydrogens (tertiary/aromatic N) is 7. The van der Waals surface area contributed by atoms with Gasteiger partial charge in [0.1, 0.15) is 36.9 Å². The number of pyridine rings is 1. The minimum atomic E-state index is -4.57. The van der Waals surface area contributed by atoms with Gasteiger partial charge in [-0.3, -0.25) is 9.78 Å². The van der Waals surface area contributed by atoms with Crippen LogP contribution in [0.1, 0.15) is 71.8 Å². The van der Waals surface area contributed by atoms with Crippen LogP contribution in [0.5, 0.6) is 0 Å². The summed E-state index contributed by atoms with van der Waals surface area (Å²) in [4.78, 5) is 33.2. The van der Waals surface area contributed by atoms with E-state index in [1.54, 1.807) is 19.3 Å². The maximum Gasteiger partial charge on any atom is 0.433 e. The zero-order valence-electron chi connectivity index (χ0n) is 22.2. The number of hydrogen-bond donors (Lipinski definition) is 1. The third-order valence-corrected chi connectivity index (χ3v) is 7.70. The third-order valence-electron chi connectivity index (χ3n) is 6.82. The quantitative estimate of drug-likeness (QED) is 0.282. The molecule has 1 fully saturated rings. The molecular formula is C27H25F3N8OSi. The molecule has 1 N–H and O–H groups in total. The van der Waals surface area contributed by atoms with Crippen LogP contribution < -0.4 is 5.56 Å². The first-order valence-electron chi connectivity index (χ1n) is 12.7. The van der Waals surface area contributed by atoms with Crippen LogP contribution in [0.3, 0.4) is 0 Å². The lowest BCUT2D eigenvalue weighted by Gasteiger charge is -2.34. The molecule has 1 saturated carbocycles. The smallest absolute Gasteiger partial charge is 0.310 e. The Hall–Kier alpha value is -4.36. The summed E-state index contributed by atoms with van der Waals surface area (Å²) in [5.41, 5.74) is 2.98. The summed E-state index contributed by atoms with van der Waals surface area (Å²) in [6, 6.07) is 3.45. The van der Waals surface area contributed by atoms with Crippen LogP contribution in [0, 0.1) is 22.8 Å². The summed E-state index contributed by atoms with van der Waals surface area (Å²) in [5, 5.41) is 13.9. The predicted molar refractivity (Wildman–Crippen MR) is 143 cm³/mol. The summed E-state index contributed by atoms with van der Waals surface area (Å²) >= 11 is 0. The van der Waals surface area contributed by atoms with E-state index in [-0.39, 0.29) is 28.6 Å². The van der Waals surface area contributed by atoms with Crippen molar-refractivity contribution in [1.82, 2.24) is 34.7 Å². The number of nitriles is 1. The standard InChI is InChI=1S/C27H25F3N8OSi/c1-15(17-5-8-21(32-14-17)27(28,29)30)38-25-22(20(11-31)37-38)26(39)36-24(35-25)19-7-6-18(19)23-33-12-16(13-34-23)9-10-40(2,3)4/h5,8,12-15,18-19H,6-7H2,1-4H3,(H,35,36,39). The van der Waals surface area contributed by atoms with Crippen molar-refractivity contribution in [3.8, 4) is 17.5 Å². The molecule has 40 heavy (non-hydrogen) atoms. The van der Waals surface area contributed by atoms with E-state index in [1.165, 1.54) is 10.7 Å². The molecule has 0 aromatic carbocycles. The number of halogens is 3. The molecule has 0 amide bonds. The van der Waals surface area contributed by atoms with E-state index in [9.17, 15) is 23.2 Å². The van der Waals surface area contributed by atoms with Crippen molar-refractivity contribution in [3.05, 3.63) is 75.2 Å². The Kier molecular flexibility index (Phi) is 6.80. The highest BCUT2D eigenvalue weighted by Crippen LogP contribution is 2.46. The van der Waals surface area contributed by atoms with E-state index in [2.05, 4.69) is 56.1 Å². The van der Waals surface area contributed by atoms with Gasteiger partial charge >= 0.3 is 6.18 Å². The molecule has 4 aromatic rings. The average Bonchev–Trinajstić information content (AvgIpc) is 3.25. The van der Waals surface area contributed by atoms with Crippen molar-refractivity contribution >= 4 is 19.1 Å². The van der Waals surface area contributed by atoms with Crippen LogP contribution in [0.4, 0.5) is 13.2 Å². The predicted octanol–water partition coefficient (Wildman–Crippen LogP) is 4.69. The first kappa shape index (κ1) is 27.2. The monoisotopic (exact) mass is 562 g/mol. The SMILES string of the molecule is CC(c1ccc(C(F)(F)F)nc1)n1nc(C#N)c2c(=O)[nH]c(C3CCC3c3ncc(C#C[Si](C)(C)C)cn3)nc21. The largest absolute Gasteiger partial charge is 0.433 e. The highest BCUT2D eigenvalue weighted by atomic mass is 28.3. The van der Waals surface area contributed by atoms with Crippen LogP contribution in [0.15, 0.2) is 35.5 Å². The highest BCUT2D eigenvalue weighted by Gasteiger charge is 2.38. The molecule has 4 heterocycles. The molecule has 0 bridgehead atoms. The molecule has 9 nitrogen and oxygen atoms in total.